The van der Waals surface area contributed by atoms with Crippen LogP contribution in [0.25, 0.3) is 0 Å². The summed E-state index contributed by atoms with van der Waals surface area (Å²) in [6.45, 7) is 0.322. The summed E-state index contributed by atoms with van der Waals surface area (Å²) in [5.41, 5.74) is 0. The molecule has 0 unspecified atom stereocenters. The van der Waals surface area contributed by atoms with Gasteiger partial charge >= 0.3 is 5.97 Å². The molecule has 21 heavy (non-hydrogen) atoms. The van der Waals surface area contributed by atoms with Gasteiger partial charge in [0.15, 0.2) is 0 Å². The second kappa shape index (κ2) is 8.84. The molecular formula is C17H28O3S. The molecule has 0 aromatic rings. The minimum atomic E-state index is -0.697. The van der Waals surface area contributed by atoms with Gasteiger partial charge in [-0.15, -0.1) is 0 Å². The fraction of sp³-hybridized carbons (Fsp3) is 0.824. The largest absolute Gasteiger partial charge is 0.481 e. The molecule has 2 N–H and O–H groups in total. The Morgan fingerprint density at radius 2 is 1.86 bits per heavy atom. The van der Waals surface area contributed by atoms with Gasteiger partial charge in [-0.05, 0) is 56.8 Å². The van der Waals surface area contributed by atoms with E-state index in [4.69, 9.17) is 10.2 Å². The normalized spacial score (nSPS) is 31.3. The lowest BCUT2D eigenvalue weighted by Gasteiger charge is -2.29. The molecule has 2 aliphatic rings. The molecule has 2 saturated heterocycles. The summed E-state index contributed by atoms with van der Waals surface area (Å²) in [7, 11) is 0. The third kappa shape index (κ3) is 5.03. The average molecular weight is 312 g/mol. The van der Waals surface area contributed by atoms with Crippen molar-refractivity contribution in [2.45, 2.75) is 68.3 Å². The summed E-state index contributed by atoms with van der Waals surface area (Å²) >= 11 is 2.20. The van der Waals surface area contributed by atoms with E-state index in [0.717, 1.165) is 54.4 Å². The molecular weight excluding hydrogens is 284 g/mol. The first-order valence-corrected chi connectivity index (χ1v) is 9.29. The van der Waals surface area contributed by atoms with Crippen molar-refractivity contribution in [2.75, 3.05) is 6.61 Å². The Labute approximate surface area is 132 Å². The minimum absolute atomic E-state index is 0.276. The van der Waals surface area contributed by atoms with Crippen LogP contribution in [0.5, 0.6) is 0 Å². The molecule has 4 atom stereocenters. The molecule has 0 spiro atoms. The summed E-state index contributed by atoms with van der Waals surface area (Å²) in [4.78, 5) is 10.5. The first-order chi connectivity index (χ1) is 10.2. The SMILES string of the molecule is O=C(O)CCC/C=C\C[C@@H]1[C@H](CCCCO)[C@@H]2CC[C@H]1S2. The highest BCUT2D eigenvalue weighted by Crippen LogP contribution is 2.55. The molecule has 2 aliphatic heterocycles. The standard InChI is InChI=1S/C17H28O3S/c18-12-6-5-8-14-13(15-10-11-16(14)21-15)7-3-1-2-4-9-17(19)20/h1,3,13-16,18H,2,4-12H2,(H,19,20)/b3-1-/t13-,14+,15-,16+/m1/s1. The Bertz CT molecular complexity index is 356. The van der Waals surface area contributed by atoms with Crippen molar-refractivity contribution >= 4 is 17.7 Å². The van der Waals surface area contributed by atoms with Crippen LogP contribution in [0.1, 0.15) is 57.8 Å². The van der Waals surface area contributed by atoms with Gasteiger partial charge in [0.25, 0.3) is 0 Å². The molecule has 2 bridgehead atoms. The van der Waals surface area contributed by atoms with Crippen LogP contribution in [-0.2, 0) is 4.79 Å². The maximum Gasteiger partial charge on any atom is 0.303 e. The Kier molecular flexibility index (Phi) is 7.11. The highest BCUT2D eigenvalue weighted by molar-refractivity contribution is 8.01. The van der Waals surface area contributed by atoms with Crippen LogP contribution in [0.15, 0.2) is 12.2 Å². The zero-order chi connectivity index (χ0) is 15.1. The second-order valence-corrected chi connectivity index (χ2v) is 7.81. The van der Waals surface area contributed by atoms with Crippen molar-refractivity contribution in [3.63, 3.8) is 0 Å². The summed E-state index contributed by atoms with van der Waals surface area (Å²) in [5.74, 6) is 0.948. The van der Waals surface area contributed by atoms with Gasteiger partial charge in [0.05, 0.1) is 0 Å². The van der Waals surface area contributed by atoms with E-state index >= 15 is 0 Å². The van der Waals surface area contributed by atoms with Crippen LogP contribution in [0.3, 0.4) is 0 Å². The van der Waals surface area contributed by atoms with Gasteiger partial charge in [-0.1, -0.05) is 18.6 Å². The van der Waals surface area contributed by atoms with Gasteiger partial charge in [0.1, 0.15) is 0 Å². The Morgan fingerprint density at radius 1 is 1.10 bits per heavy atom. The number of aliphatic carboxylic acids is 1. The van der Waals surface area contributed by atoms with E-state index in [2.05, 4.69) is 23.9 Å². The predicted octanol–water partition coefficient (Wildman–Crippen LogP) is 3.86. The zero-order valence-electron chi connectivity index (χ0n) is 12.7. The summed E-state index contributed by atoms with van der Waals surface area (Å²) in [6.07, 6.45) is 13.7. The van der Waals surface area contributed by atoms with Crippen molar-refractivity contribution in [2.24, 2.45) is 11.8 Å². The molecule has 0 aromatic carbocycles. The minimum Gasteiger partial charge on any atom is -0.481 e. The van der Waals surface area contributed by atoms with Gasteiger partial charge in [0, 0.05) is 23.5 Å². The second-order valence-electron chi connectivity index (χ2n) is 6.33. The Morgan fingerprint density at radius 3 is 2.57 bits per heavy atom. The van der Waals surface area contributed by atoms with E-state index < -0.39 is 5.97 Å². The van der Waals surface area contributed by atoms with E-state index in [1.807, 2.05) is 0 Å². The molecule has 3 nitrogen and oxygen atoms in total. The fourth-order valence-electron chi connectivity index (χ4n) is 3.83. The highest BCUT2D eigenvalue weighted by Gasteiger charge is 2.46. The number of carboxylic acid groups (broad SMARTS) is 1. The molecule has 0 saturated carbocycles. The van der Waals surface area contributed by atoms with Gasteiger partial charge in [0.2, 0.25) is 0 Å². The van der Waals surface area contributed by atoms with Crippen molar-refractivity contribution in [3.8, 4) is 0 Å². The number of thioether (sulfide) groups is 1. The summed E-state index contributed by atoms with van der Waals surface area (Å²) in [6, 6.07) is 0. The molecule has 0 aromatic heterocycles. The number of allylic oxidation sites excluding steroid dienone is 2. The lowest BCUT2D eigenvalue weighted by molar-refractivity contribution is -0.137. The number of aliphatic hydroxyl groups is 1. The Hall–Kier alpha value is -0.480. The van der Waals surface area contributed by atoms with Crippen molar-refractivity contribution in [3.05, 3.63) is 12.2 Å². The first kappa shape index (κ1) is 16.9. The smallest absolute Gasteiger partial charge is 0.303 e. The molecule has 0 radical (unpaired) electrons. The van der Waals surface area contributed by atoms with Gasteiger partial charge in [-0.2, -0.15) is 11.8 Å². The van der Waals surface area contributed by atoms with Crippen molar-refractivity contribution in [1.29, 1.82) is 0 Å². The zero-order valence-corrected chi connectivity index (χ0v) is 13.6. The molecule has 4 heteroatoms. The fourth-order valence-corrected chi connectivity index (χ4v) is 5.88. The number of aliphatic hydroxyl groups excluding tert-OH is 1. The summed E-state index contributed by atoms with van der Waals surface area (Å²) < 4.78 is 0. The number of unbranched alkanes of at least 4 members (excludes halogenated alkanes) is 2. The number of hydrogen-bond donors (Lipinski definition) is 2. The maximum atomic E-state index is 10.5. The lowest BCUT2D eigenvalue weighted by atomic mass is 9.75. The quantitative estimate of drug-likeness (QED) is 0.475. The Balaban J connectivity index is 1.72. The van der Waals surface area contributed by atoms with E-state index in [9.17, 15) is 4.79 Å². The van der Waals surface area contributed by atoms with Crippen LogP contribution in [0.4, 0.5) is 0 Å². The number of hydrogen-bond acceptors (Lipinski definition) is 3. The van der Waals surface area contributed by atoms with E-state index in [-0.39, 0.29) is 6.42 Å². The van der Waals surface area contributed by atoms with E-state index in [1.165, 1.54) is 19.3 Å². The number of fused-ring (bicyclic) bond motifs is 2. The van der Waals surface area contributed by atoms with Crippen LogP contribution in [0, 0.1) is 11.8 Å². The number of carboxylic acids is 1. The van der Waals surface area contributed by atoms with E-state index in [0.29, 0.717) is 6.61 Å². The third-order valence-corrected chi connectivity index (χ3v) is 6.74. The van der Waals surface area contributed by atoms with Crippen LogP contribution in [0.2, 0.25) is 0 Å². The topological polar surface area (TPSA) is 57.5 Å². The van der Waals surface area contributed by atoms with Gasteiger partial charge in [-0.25, -0.2) is 0 Å². The molecule has 120 valence electrons. The number of rotatable bonds is 10. The average Bonchev–Trinajstić information content (AvgIpc) is 3.04. The predicted molar refractivity (Wildman–Crippen MR) is 87.6 cm³/mol. The number of carbonyl (C=O) groups is 1. The van der Waals surface area contributed by atoms with Crippen molar-refractivity contribution in [1.82, 2.24) is 0 Å². The van der Waals surface area contributed by atoms with Crippen molar-refractivity contribution < 1.29 is 15.0 Å². The van der Waals surface area contributed by atoms with Gasteiger partial charge in [-0.3, -0.25) is 4.79 Å². The van der Waals surface area contributed by atoms with E-state index in [1.54, 1.807) is 0 Å². The van der Waals surface area contributed by atoms with Gasteiger partial charge < -0.3 is 10.2 Å². The maximum absolute atomic E-state index is 10.5. The molecule has 0 amide bonds. The van der Waals surface area contributed by atoms with Crippen LogP contribution >= 0.6 is 11.8 Å². The lowest BCUT2D eigenvalue weighted by Crippen LogP contribution is -2.26. The summed E-state index contributed by atoms with van der Waals surface area (Å²) in [5, 5.41) is 19.3. The molecule has 2 fully saturated rings. The highest BCUT2D eigenvalue weighted by atomic mass is 32.2. The van der Waals surface area contributed by atoms with Crippen LogP contribution in [-0.4, -0.2) is 33.3 Å². The monoisotopic (exact) mass is 312 g/mol. The van der Waals surface area contributed by atoms with Crippen LogP contribution < -0.4 is 0 Å². The third-order valence-electron chi connectivity index (χ3n) is 4.87. The first-order valence-electron chi connectivity index (χ1n) is 8.35. The molecule has 0 aliphatic carbocycles. The molecule has 2 rings (SSSR count). The molecule has 2 heterocycles.